The Bertz CT molecular complexity index is 884. The third-order valence-electron chi connectivity index (χ3n) is 3.46. The highest BCUT2D eigenvalue weighted by atomic mass is 19.1. The van der Waals surface area contributed by atoms with Gasteiger partial charge in [0.05, 0.1) is 18.3 Å². The summed E-state index contributed by atoms with van der Waals surface area (Å²) in [6.45, 7) is 1.71. The van der Waals surface area contributed by atoms with Gasteiger partial charge in [0.1, 0.15) is 11.5 Å². The maximum Gasteiger partial charge on any atom is 0.268 e. The number of nitrogens with one attached hydrogen (secondary N) is 2. The van der Waals surface area contributed by atoms with Crippen molar-refractivity contribution in [2.45, 2.75) is 6.92 Å². The lowest BCUT2D eigenvalue weighted by atomic mass is 10.1. The van der Waals surface area contributed by atoms with E-state index < -0.39 is 5.82 Å². The lowest BCUT2D eigenvalue weighted by Crippen LogP contribution is -2.29. The molecule has 0 aliphatic rings. The normalized spacial score (nSPS) is 10.7. The molecule has 3 rings (SSSR count). The van der Waals surface area contributed by atoms with Gasteiger partial charge in [-0.3, -0.25) is 14.6 Å². The van der Waals surface area contributed by atoms with Gasteiger partial charge in [-0.25, -0.2) is 4.39 Å². The number of fused-ring (bicyclic) bond motifs is 1. The van der Waals surface area contributed by atoms with Crippen molar-refractivity contribution >= 4 is 22.6 Å². The van der Waals surface area contributed by atoms with Crippen molar-refractivity contribution in [3.63, 3.8) is 0 Å². The number of H-pyrrole nitrogens is 1. The number of rotatable bonds is 4. The second-order valence-electron chi connectivity index (χ2n) is 5.21. The largest absolute Gasteiger partial charge is 0.349 e. The van der Waals surface area contributed by atoms with Crippen molar-refractivity contribution in [1.29, 1.82) is 0 Å². The van der Waals surface area contributed by atoms with E-state index in [1.54, 1.807) is 12.3 Å². The number of halogens is 1. The monoisotopic (exact) mass is 311 g/mol. The molecule has 3 aromatic rings. The quantitative estimate of drug-likeness (QED) is 0.727. The topological polar surface area (TPSA) is 74.8 Å². The molecule has 0 fully saturated rings. The van der Waals surface area contributed by atoms with E-state index in [1.807, 2.05) is 13.0 Å². The third kappa shape index (κ3) is 3.26. The molecule has 1 aromatic carbocycles. The molecule has 0 atom stereocenters. The van der Waals surface area contributed by atoms with Crippen molar-refractivity contribution in [3.8, 4) is 0 Å². The highest BCUT2D eigenvalue weighted by Gasteiger charge is 2.12. The summed E-state index contributed by atoms with van der Waals surface area (Å²) in [4.78, 5) is 31.2. The van der Waals surface area contributed by atoms with Crippen molar-refractivity contribution < 1.29 is 14.0 Å². The van der Waals surface area contributed by atoms with E-state index in [-0.39, 0.29) is 18.2 Å². The Balaban J connectivity index is 1.68. The van der Waals surface area contributed by atoms with Gasteiger partial charge in [-0.1, -0.05) is 0 Å². The zero-order chi connectivity index (χ0) is 16.4. The molecule has 0 saturated heterocycles. The van der Waals surface area contributed by atoms with E-state index in [2.05, 4.69) is 15.3 Å². The van der Waals surface area contributed by atoms with Gasteiger partial charge in [-0.15, -0.1) is 0 Å². The number of hydrogen-bond acceptors (Lipinski definition) is 3. The summed E-state index contributed by atoms with van der Waals surface area (Å²) in [7, 11) is 0. The van der Waals surface area contributed by atoms with Gasteiger partial charge in [-0.2, -0.15) is 0 Å². The van der Waals surface area contributed by atoms with Crippen LogP contribution in [0.15, 0.2) is 42.6 Å². The number of carbonyl (C=O) groups excluding carboxylic acids is 2. The molecule has 1 amide bonds. The highest BCUT2D eigenvalue weighted by Crippen LogP contribution is 2.15. The molecular weight excluding hydrogens is 297 g/mol. The summed E-state index contributed by atoms with van der Waals surface area (Å²) in [6, 6.07) is 8.78. The molecule has 0 radical (unpaired) electrons. The van der Waals surface area contributed by atoms with Crippen LogP contribution in [0.2, 0.25) is 0 Å². The van der Waals surface area contributed by atoms with Gasteiger partial charge in [0.15, 0.2) is 5.78 Å². The fourth-order valence-corrected chi connectivity index (χ4v) is 2.26. The molecular formula is C17H14FN3O2. The average Bonchev–Trinajstić information content (AvgIpc) is 2.96. The number of carbonyl (C=O) groups is 2. The minimum absolute atomic E-state index is 0.156. The number of pyridine rings is 1. The molecule has 2 N–H and O–H groups in total. The van der Waals surface area contributed by atoms with Crippen LogP contribution in [0, 0.1) is 12.7 Å². The molecule has 2 aromatic heterocycles. The lowest BCUT2D eigenvalue weighted by Gasteiger charge is -2.03. The molecule has 6 heteroatoms. The van der Waals surface area contributed by atoms with Crippen molar-refractivity contribution in [1.82, 2.24) is 15.3 Å². The molecule has 0 aliphatic heterocycles. The van der Waals surface area contributed by atoms with E-state index in [9.17, 15) is 14.0 Å². The van der Waals surface area contributed by atoms with Crippen molar-refractivity contribution in [2.24, 2.45) is 0 Å². The van der Waals surface area contributed by atoms with Crippen LogP contribution < -0.4 is 5.32 Å². The third-order valence-corrected chi connectivity index (χ3v) is 3.46. The zero-order valence-corrected chi connectivity index (χ0v) is 12.4. The van der Waals surface area contributed by atoms with Gasteiger partial charge in [0.25, 0.3) is 5.91 Å². The summed E-state index contributed by atoms with van der Waals surface area (Å²) in [5, 5.41) is 3.44. The summed E-state index contributed by atoms with van der Waals surface area (Å²) < 4.78 is 12.8. The first-order chi connectivity index (χ1) is 11.0. The SMILES string of the molecule is Cc1cc2cc(C(=O)NCC(=O)c3ccc(F)cc3)[nH]c2cn1. The number of aromatic nitrogens is 2. The minimum atomic E-state index is -0.410. The number of Topliss-reactive ketones (excluding diaryl/α,β-unsaturated/α-hetero) is 1. The van der Waals surface area contributed by atoms with E-state index in [0.717, 1.165) is 16.6 Å². The first kappa shape index (κ1) is 14.9. The fourth-order valence-electron chi connectivity index (χ4n) is 2.26. The second-order valence-corrected chi connectivity index (χ2v) is 5.21. The Morgan fingerprint density at radius 1 is 1.22 bits per heavy atom. The number of aryl methyl sites for hydroxylation is 1. The minimum Gasteiger partial charge on any atom is -0.349 e. The van der Waals surface area contributed by atoms with E-state index in [1.165, 1.54) is 24.3 Å². The predicted molar refractivity (Wildman–Crippen MR) is 83.9 cm³/mol. The highest BCUT2D eigenvalue weighted by molar-refractivity contribution is 6.03. The van der Waals surface area contributed by atoms with Crippen LogP contribution in [0.5, 0.6) is 0 Å². The van der Waals surface area contributed by atoms with Gasteiger partial charge in [-0.05, 0) is 43.3 Å². The van der Waals surface area contributed by atoms with Crippen LogP contribution in [0.25, 0.3) is 10.9 Å². The van der Waals surface area contributed by atoms with Crippen LogP contribution >= 0.6 is 0 Å². The van der Waals surface area contributed by atoms with Gasteiger partial charge < -0.3 is 10.3 Å². The smallest absolute Gasteiger partial charge is 0.268 e. The van der Waals surface area contributed by atoms with Crippen LogP contribution in [0.1, 0.15) is 26.5 Å². The molecule has 0 unspecified atom stereocenters. The predicted octanol–water partition coefficient (Wildman–Crippen LogP) is 2.62. The first-order valence-corrected chi connectivity index (χ1v) is 7.05. The van der Waals surface area contributed by atoms with E-state index in [0.29, 0.717) is 11.3 Å². The molecule has 0 spiro atoms. The van der Waals surface area contributed by atoms with Crippen LogP contribution in [-0.4, -0.2) is 28.2 Å². The maximum absolute atomic E-state index is 12.8. The average molecular weight is 311 g/mol. The maximum atomic E-state index is 12.8. The van der Waals surface area contributed by atoms with Crippen molar-refractivity contribution in [3.05, 3.63) is 65.4 Å². The fraction of sp³-hybridized carbons (Fsp3) is 0.118. The zero-order valence-electron chi connectivity index (χ0n) is 12.4. The number of nitrogens with zero attached hydrogens (tertiary/aromatic N) is 1. The molecule has 0 bridgehead atoms. The molecule has 2 heterocycles. The Kier molecular flexibility index (Phi) is 3.89. The molecule has 5 nitrogen and oxygen atoms in total. The van der Waals surface area contributed by atoms with Crippen LogP contribution in [0.4, 0.5) is 4.39 Å². The number of hydrogen-bond donors (Lipinski definition) is 2. The van der Waals surface area contributed by atoms with Gasteiger partial charge in [0, 0.05) is 16.6 Å². The molecule has 0 aliphatic carbocycles. The van der Waals surface area contributed by atoms with Gasteiger partial charge in [0.2, 0.25) is 0 Å². The summed E-state index contributed by atoms with van der Waals surface area (Å²) in [5.74, 6) is -1.08. The standard InChI is InChI=1S/C17H14FN3O2/c1-10-6-12-7-14(21-15(12)8-19-10)17(23)20-9-16(22)11-2-4-13(18)5-3-11/h2-8,21H,9H2,1H3,(H,20,23). The number of ketones is 1. The summed E-state index contributed by atoms with van der Waals surface area (Å²) in [5.41, 5.74) is 2.32. The van der Waals surface area contributed by atoms with E-state index in [4.69, 9.17) is 0 Å². The number of amides is 1. The number of aromatic amines is 1. The Morgan fingerprint density at radius 3 is 2.70 bits per heavy atom. The summed E-state index contributed by atoms with van der Waals surface area (Å²) >= 11 is 0. The van der Waals surface area contributed by atoms with Crippen LogP contribution in [-0.2, 0) is 0 Å². The molecule has 116 valence electrons. The Labute approximate surface area is 131 Å². The van der Waals surface area contributed by atoms with Crippen LogP contribution in [0.3, 0.4) is 0 Å². The second kappa shape index (κ2) is 6.00. The molecule has 0 saturated carbocycles. The Hall–Kier alpha value is -3.02. The number of benzene rings is 1. The van der Waals surface area contributed by atoms with E-state index >= 15 is 0 Å². The Morgan fingerprint density at radius 2 is 1.96 bits per heavy atom. The van der Waals surface area contributed by atoms with Gasteiger partial charge >= 0.3 is 0 Å². The molecule has 23 heavy (non-hydrogen) atoms. The summed E-state index contributed by atoms with van der Waals surface area (Å²) in [6.07, 6.45) is 1.66. The first-order valence-electron chi connectivity index (χ1n) is 7.05. The lowest BCUT2D eigenvalue weighted by molar-refractivity contribution is 0.0901. The van der Waals surface area contributed by atoms with Crippen molar-refractivity contribution in [2.75, 3.05) is 6.54 Å².